The first-order valence-corrected chi connectivity index (χ1v) is 14.7. The van der Waals surface area contributed by atoms with Crippen LogP contribution in [0.4, 0.5) is 18.9 Å². The van der Waals surface area contributed by atoms with Crippen LogP contribution in [0.1, 0.15) is 55.8 Å². The van der Waals surface area contributed by atoms with Crippen LogP contribution < -0.4 is 10.0 Å². The molecular weight excluding hydrogens is 549 g/mol. The Morgan fingerprint density at radius 2 is 1.63 bits per heavy atom. The summed E-state index contributed by atoms with van der Waals surface area (Å²) >= 11 is 0. The molecule has 1 saturated carbocycles. The maximum absolute atomic E-state index is 13.0. The van der Waals surface area contributed by atoms with Crippen LogP contribution in [0, 0.1) is 5.92 Å². The maximum Gasteiger partial charge on any atom is 0.501 e. The molecule has 0 spiro atoms. The van der Waals surface area contributed by atoms with Gasteiger partial charge in [0.15, 0.2) is 0 Å². The number of sulfonamides is 1. The quantitative estimate of drug-likeness (QED) is 0.413. The van der Waals surface area contributed by atoms with E-state index < -0.39 is 59.5 Å². The van der Waals surface area contributed by atoms with E-state index in [0.717, 1.165) is 18.4 Å². The van der Waals surface area contributed by atoms with Gasteiger partial charge in [0.2, 0.25) is 15.9 Å². The van der Waals surface area contributed by atoms with Gasteiger partial charge in [-0.05, 0) is 55.2 Å². The summed E-state index contributed by atoms with van der Waals surface area (Å²) in [7, 11) is -9.15. The summed E-state index contributed by atoms with van der Waals surface area (Å²) in [6.07, 6.45) is 1.32. The second kappa shape index (κ2) is 9.88. The second-order valence-corrected chi connectivity index (χ2v) is 13.3. The number of alkyl halides is 3. The normalized spacial score (nSPS) is 21.3. The number of sulfone groups is 1. The molecule has 0 bridgehead atoms. The lowest BCUT2D eigenvalue weighted by atomic mass is 9.94. The first kappa shape index (κ1) is 29.4. The number of benzene rings is 2. The average Bonchev–Trinajstić information content (AvgIpc) is 3.50. The molecule has 3 unspecified atom stereocenters. The molecule has 1 aliphatic rings. The average molecular weight is 577 g/mol. The lowest BCUT2D eigenvalue weighted by molar-refractivity contribution is -0.138. The van der Waals surface area contributed by atoms with Crippen molar-refractivity contribution in [1.82, 2.24) is 5.32 Å². The van der Waals surface area contributed by atoms with Gasteiger partial charge in [0.05, 0.1) is 28.8 Å². The third kappa shape index (κ3) is 5.96. The first-order chi connectivity index (χ1) is 17.3. The molecule has 2 aromatic carbocycles. The zero-order valence-electron chi connectivity index (χ0n) is 20.8. The van der Waals surface area contributed by atoms with Crippen molar-refractivity contribution in [3.05, 3.63) is 59.2 Å². The predicted molar refractivity (Wildman–Crippen MR) is 133 cm³/mol. The number of halogens is 3. The number of aliphatic carboxylic acids is 1. The fourth-order valence-corrected chi connectivity index (χ4v) is 5.59. The van der Waals surface area contributed by atoms with Gasteiger partial charge in [-0.2, -0.15) is 13.2 Å². The monoisotopic (exact) mass is 576 g/mol. The van der Waals surface area contributed by atoms with Crippen LogP contribution in [0.5, 0.6) is 0 Å². The smallest absolute Gasteiger partial charge is 0.481 e. The van der Waals surface area contributed by atoms with Crippen LogP contribution in [0.3, 0.4) is 0 Å². The molecule has 0 aliphatic heterocycles. The van der Waals surface area contributed by atoms with E-state index in [1.165, 1.54) is 31.2 Å². The highest BCUT2D eigenvalue weighted by molar-refractivity contribution is 7.92. The second-order valence-electron chi connectivity index (χ2n) is 9.66. The van der Waals surface area contributed by atoms with Crippen molar-refractivity contribution >= 4 is 37.4 Å². The zero-order chi connectivity index (χ0) is 28.8. The van der Waals surface area contributed by atoms with E-state index >= 15 is 0 Å². The summed E-state index contributed by atoms with van der Waals surface area (Å²) in [6, 6.07) is 8.17. The number of amides is 1. The minimum atomic E-state index is -5.48. The molecule has 38 heavy (non-hydrogen) atoms. The van der Waals surface area contributed by atoms with Gasteiger partial charge in [0.25, 0.3) is 9.84 Å². The zero-order valence-corrected chi connectivity index (χ0v) is 22.5. The number of carboxylic acid groups (broad SMARTS) is 1. The molecule has 3 N–H and O–H groups in total. The minimum absolute atomic E-state index is 0.107. The van der Waals surface area contributed by atoms with Crippen LogP contribution in [0.25, 0.3) is 0 Å². The van der Waals surface area contributed by atoms with Crippen LogP contribution in [-0.2, 0) is 34.9 Å². The Labute approximate surface area is 218 Å². The molecule has 208 valence electrons. The molecule has 1 fully saturated rings. The van der Waals surface area contributed by atoms with Gasteiger partial charge >= 0.3 is 11.5 Å². The van der Waals surface area contributed by atoms with Gasteiger partial charge in [-0.1, -0.05) is 31.2 Å². The van der Waals surface area contributed by atoms with Crippen molar-refractivity contribution in [3.8, 4) is 0 Å². The highest BCUT2D eigenvalue weighted by atomic mass is 32.2. The molecule has 1 aliphatic carbocycles. The predicted octanol–water partition coefficient (Wildman–Crippen LogP) is 3.69. The summed E-state index contributed by atoms with van der Waals surface area (Å²) < 4.78 is 87.3. The lowest BCUT2D eigenvalue weighted by Crippen LogP contribution is -2.30. The van der Waals surface area contributed by atoms with Crippen molar-refractivity contribution in [3.63, 3.8) is 0 Å². The van der Waals surface area contributed by atoms with E-state index in [9.17, 15) is 44.7 Å². The lowest BCUT2D eigenvalue weighted by Gasteiger charge is -2.20. The Kier molecular flexibility index (Phi) is 7.65. The highest BCUT2D eigenvalue weighted by Crippen LogP contribution is 2.54. The third-order valence-electron chi connectivity index (χ3n) is 6.75. The topological polar surface area (TPSA) is 147 Å². The molecule has 9 nitrogen and oxygen atoms in total. The van der Waals surface area contributed by atoms with Gasteiger partial charge in [0, 0.05) is 11.3 Å². The number of carbonyl (C=O) groups is 2. The molecule has 2 aromatic rings. The van der Waals surface area contributed by atoms with Crippen LogP contribution in [0.15, 0.2) is 47.4 Å². The van der Waals surface area contributed by atoms with E-state index in [1.54, 1.807) is 19.9 Å². The Hall–Kier alpha value is -3.13. The number of carboxylic acids is 1. The number of anilines is 1. The molecule has 3 rings (SSSR count). The number of carbonyl (C=O) groups excluding carboxylic acids is 1. The van der Waals surface area contributed by atoms with Crippen LogP contribution >= 0.6 is 0 Å². The van der Waals surface area contributed by atoms with Crippen molar-refractivity contribution < 1.29 is 44.7 Å². The SMILES string of the molecule is CC(C(=O)O)c1cc([C@@H](C)NC(=O)C2CC2(C)c2ccc(S(=O)(=O)C(F)(F)F)cc2)ccc1NS(C)(=O)=O. The van der Waals surface area contributed by atoms with Crippen molar-refractivity contribution in [2.75, 3.05) is 11.0 Å². The van der Waals surface area contributed by atoms with Gasteiger partial charge in [-0.25, -0.2) is 16.8 Å². The van der Waals surface area contributed by atoms with Gasteiger partial charge in [0.1, 0.15) is 0 Å². The minimum Gasteiger partial charge on any atom is -0.481 e. The standard InChI is InChI=1S/C24H27F3N2O7S2/c1-13(22(31)32)18-11-15(5-10-20(18)29-37(4,33)34)14(2)28-21(30)19-12-23(19,3)16-6-8-17(9-7-16)38(35,36)24(25,26)27/h5-11,13-14,19,29H,12H2,1-4H3,(H,28,30)(H,31,32)/t13?,14-,19?,23?/m1/s1. The Morgan fingerprint density at radius 1 is 1.05 bits per heavy atom. The van der Waals surface area contributed by atoms with Crippen molar-refractivity contribution in [2.24, 2.45) is 5.92 Å². The van der Waals surface area contributed by atoms with Crippen molar-refractivity contribution in [1.29, 1.82) is 0 Å². The summed E-state index contributed by atoms with van der Waals surface area (Å²) in [5.74, 6) is -3.09. The molecule has 0 saturated heterocycles. The molecule has 1 amide bonds. The number of hydrogen-bond acceptors (Lipinski definition) is 6. The van der Waals surface area contributed by atoms with Gasteiger partial charge in [-0.15, -0.1) is 0 Å². The molecule has 0 radical (unpaired) electrons. The van der Waals surface area contributed by atoms with Crippen LogP contribution in [0.2, 0.25) is 0 Å². The van der Waals surface area contributed by atoms with Crippen LogP contribution in [-0.4, -0.2) is 45.6 Å². The molecule has 0 aromatic heterocycles. The van der Waals surface area contributed by atoms with E-state index in [2.05, 4.69) is 10.0 Å². The van der Waals surface area contributed by atoms with Crippen molar-refractivity contribution in [2.45, 2.75) is 55.0 Å². The molecule has 14 heteroatoms. The third-order valence-corrected chi connectivity index (χ3v) is 8.84. The van der Waals surface area contributed by atoms with E-state index in [-0.39, 0.29) is 17.2 Å². The number of nitrogens with one attached hydrogen (secondary N) is 2. The summed E-state index contributed by atoms with van der Waals surface area (Å²) in [4.78, 5) is 23.7. The number of rotatable bonds is 9. The summed E-state index contributed by atoms with van der Waals surface area (Å²) in [5.41, 5.74) is -4.76. The molecule has 0 heterocycles. The Morgan fingerprint density at radius 3 is 2.13 bits per heavy atom. The van der Waals surface area contributed by atoms with E-state index in [4.69, 9.17) is 0 Å². The number of hydrogen-bond donors (Lipinski definition) is 3. The summed E-state index contributed by atoms with van der Waals surface area (Å²) in [5, 5.41) is 12.3. The fraction of sp³-hybridized carbons (Fsp3) is 0.417. The van der Waals surface area contributed by atoms with Gasteiger partial charge in [-0.3, -0.25) is 14.3 Å². The summed E-state index contributed by atoms with van der Waals surface area (Å²) in [6.45, 7) is 4.81. The van der Waals surface area contributed by atoms with Gasteiger partial charge < -0.3 is 10.4 Å². The van der Waals surface area contributed by atoms with E-state index in [1.807, 2.05) is 0 Å². The Balaban J connectivity index is 1.77. The largest absolute Gasteiger partial charge is 0.501 e. The maximum atomic E-state index is 13.0. The highest BCUT2D eigenvalue weighted by Gasteiger charge is 2.56. The van der Waals surface area contributed by atoms with E-state index in [0.29, 0.717) is 17.5 Å². The molecular formula is C24H27F3N2O7S2. The molecule has 4 atom stereocenters. The first-order valence-electron chi connectivity index (χ1n) is 11.3. The Bertz CT molecular complexity index is 1470. The fourth-order valence-electron chi connectivity index (χ4n) is 4.25.